The zero-order valence-electron chi connectivity index (χ0n) is 19.9. The predicted molar refractivity (Wildman–Crippen MR) is 129 cm³/mol. The number of rotatable bonds is 2. The van der Waals surface area contributed by atoms with Gasteiger partial charge in [-0.15, -0.1) is 5.92 Å². The highest BCUT2D eigenvalue weighted by molar-refractivity contribution is 5.93. The van der Waals surface area contributed by atoms with Crippen LogP contribution in [0.25, 0.3) is 0 Å². The summed E-state index contributed by atoms with van der Waals surface area (Å²) in [5, 5.41) is 11.7. The predicted octanol–water partition coefficient (Wildman–Crippen LogP) is 5.41. The molecule has 0 heterocycles. The third-order valence-corrected chi connectivity index (χ3v) is 9.03. The third kappa shape index (κ3) is 3.11. The van der Waals surface area contributed by atoms with Crippen LogP contribution in [0, 0.1) is 29.1 Å². The molecule has 0 spiro atoms. The zero-order chi connectivity index (χ0) is 22.7. The van der Waals surface area contributed by atoms with E-state index in [2.05, 4.69) is 62.0 Å². The molecule has 5 rings (SSSR count). The van der Waals surface area contributed by atoms with Gasteiger partial charge < -0.3 is 10.0 Å². The molecule has 0 saturated heterocycles. The molecular weight excluding hydrogens is 394 g/mol. The molecule has 0 aliphatic heterocycles. The second-order valence-corrected chi connectivity index (χ2v) is 10.8. The molecule has 0 bridgehead atoms. The van der Waals surface area contributed by atoms with Crippen LogP contribution in [0.15, 0.2) is 47.1 Å². The topological polar surface area (TPSA) is 40.5 Å². The molecular formula is C29H35NO2. The van der Waals surface area contributed by atoms with E-state index in [9.17, 15) is 9.90 Å². The molecule has 1 N–H and O–H groups in total. The smallest absolute Gasteiger partial charge is 0.156 e. The highest BCUT2D eigenvalue weighted by Crippen LogP contribution is 2.66. The van der Waals surface area contributed by atoms with Gasteiger partial charge in [-0.3, -0.25) is 4.79 Å². The van der Waals surface area contributed by atoms with Crippen molar-refractivity contribution in [1.29, 1.82) is 0 Å². The van der Waals surface area contributed by atoms with E-state index in [4.69, 9.17) is 0 Å². The number of carbonyl (C=O) groups is 1. The van der Waals surface area contributed by atoms with E-state index in [0.717, 1.165) is 38.5 Å². The molecule has 1 aromatic rings. The fraction of sp³-hybridized carbons (Fsp3) is 0.552. The molecule has 0 aromatic heterocycles. The number of aliphatic hydroxyl groups is 1. The molecule has 0 radical (unpaired) electrons. The van der Waals surface area contributed by atoms with Gasteiger partial charge in [0.25, 0.3) is 0 Å². The quantitative estimate of drug-likeness (QED) is 0.640. The molecule has 3 nitrogen and oxygen atoms in total. The lowest BCUT2D eigenvalue weighted by atomic mass is 9.51. The summed E-state index contributed by atoms with van der Waals surface area (Å²) in [5.41, 5.74) is 5.71. The molecule has 32 heavy (non-hydrogen) atoms. The Balaban J connectivity index is 1.67. The first-order chi connectivity index (χ1) is 15.3. The van der Waals surface area contributed by atoms with Gasteiger partial charge in [-0.25, -0.2) is 0 Å². The number of fused-ring (bicyclic) bond motifs is 4. The zero-order valence-corrected chi connectivity index (χ0v) is 19.9. The van der Waals surface area contributed by atoms with Crippen LogP contribution in [-0.2, 0) is 4.79 Å². The highest BCUT2D eigenvalue weighted by Gasteiger charge is 2.62. The summed E-state index contributed by atoms with van der Waals surface area (Å²) in [6.45, 7) is 4.15. The summed E-state index contributed by atoms with van der Waals surface area (Å²) in [6, 6.07) is 8.97. The largest absolute Gasteiger partial charge is 0.378 e. The summed E-state index contributed by atoms with van der Waals surface area (Å²) in [7, 11) is 4.14. The Morgan fingerprint density at radius 2 is 1.84 bits per heavy atom. The van der Waals surface area contributed by atoms with Crippen LogP contribution in [0.5, 0.6) is 0 Å². The lowest BCUT2D eigenvalue weighted by molar-refractivity contribution is -0.114. The van der Waals surface area contributed by atoms with Gasteiger partial charge >= 0.3 is 0 Å². The molecule has 2 fully saturated rings. The van der Waals surface area contributed by atoms with Crippen molar-refractivity contribution in [3.05, 3.63) is 52.6 Å². The summed E-state index contributed by atoms with van der Waals surface area (Å²) in [6.07, 6.45) is 8.23. The van der Waals surface area contributed by atoms with Gasteiger partial charge in [0, 0.05) is 37.5 Å². The van der Waals surface area contributed by atoms with Crippen LogP contribution < -0.4 is 4.90 Å². The van der Waals surface area contributed by atoms with Crippen LogP contribution in [0.2, 0.25) is 0 Å². The second kappa shape index (κ2) is 7.63. The number of carbonyl (C=O) groups excluding carboxylic acids is 1. The van der Waals surface area contributed by atoms with Crippen molar-refractivity contribution in [1.82, 2.24) is 0 Å². The maximum Gasteiger partial charge on any atom is 0.156 e. The van der Waals surface area contributed by atoms with Crippen LogP contribution in [0.1, 0.15) is 70.3 Å². The van der Waals surface area contributed by atoms with Crippen LogP contribution in [-0.4, -0.2) is 30.6 Å². The Morgan fingerprint density at radius 3 is 2.53 bits per heavy atom. The number of anilines is 1. The van der Waals surface area contributed by atoms with Crippen molar-refractivity contribution < 1.29 is 9.90 Å². The maximum atomic E-state index is 12.2. The Hall–Kier alpha value is -2.31. The van der Waals surface area contributed by atoms with Crippen molar-refractivity contribution in [3.63, 3.8) is 0 Å². The Labute approximate surface area is 192 Å². The third-order valence-electron chi connectivity index (χ3n) is 9.03. The fourth-order valence-corrected chi connectivity index (χ4v) is 7.38. The van der Waals surface area contributed by atoms with Gasteiger partial charge in [0.05, 0.1) is 0 Å². The SMILES string of the molecule is CC#C[C@@]1(O)CCC2[C@@H]3CCC4=CC(=O)CCC4=C3[C@@H](c3ccc(N(C)C)cc3)C[C@@]21C. The first-order valence-electron chi connectivity index (χ1n) is 12.2. The minimum Gasteiger partial charge on any atom is -0.378 e. The van der Waals surface area contributed by atoms with Crippen molar-refractivity contribution in [2.75, 3.05) is 19.0 Å². The standard InChI is InChI=1S/C29H35NO2/c1-5-15-29(32)16-14-26-24-12-8-20-17-22(31)11-13-23(20)27(24)25(18-28(26,29)2)19-6-9-21(10-7-19)30(3)4/h6-7,9-10,17,24-26,32H,8,11-14,16,18H2,1-4H3/t24-,25+,26?,28-,29+/m0/s1. The maximum absolute atomic E-state index is 12.2. The molecule has 2 saturated carbocycles. The summed E-state index contributed by atoms with van der Waals surface area (Å²) >= 11 is 0. The van der Waals surface area contributed by atoms with E-state index in [1.807, 2.05) is 13.0 Å². The Morgan fingerprint density at radius 1 is 1.09 bits per heavy atom. The summed E-state index contributed by atoms with van der Waals surface area (Å²) < 4.78 is 0. The van der Waals surface area contributed by atoms with Crippen LogP contribution in [0.4, 0.5) is 5.69 Å². The molecule has 5 atom stereocenters. The summed E-state index contributed by atoms with van der Waals surface area (Å²) in [5.74, 6) is 7.76. The normalized spacial score (nSPS) is 35.8. The van der Waals surface area contributed by atoms with Gasteiger partial charge in [0.15, 0.2) is 5.78 Å². The average molecular weight is 430 g/mol. The van der Waals surface area contributed by atoms with E-state index in [-0.39, 0.29) is 17.1 Å². The van der Waals surface area contributed by atoms with E-state index >= 15 is 0 Å². The molecule has 168 valence electrons. The average Bonchev–Trinajstić information content (AvgIpc) is 3.03. The van der Waals surface area contributed by atoms with Crippen LogP contribution >= 0.6 is 0 Å². The minimum absolute atomic E-state index is 0.221. The molecule has 4 aliphatic carbocycles. The number of benzene rings is 1. The number of ketones is 1. The monoisotopic (exact) mass is 429 g/mol. The molecule has 1 unspecified atom stereocenters. The lowest BCUT2D eigenvalue weighted by Gasteiger charge is -2.53. The fourth-order valence-electron chi connectivity index (χ4n) is 7.38. The minimum atomic E-state index is -0.914. The highest BCUT2D eigenvalue weighted by atomic mass is 16.3. The first-order valence-corrected chi connectivity index (χ1v) is 12.2. The number of nitrogens with zero attached hydrogens (tertiary/aromatic N) is 1. The van der Waals surface area contributed by atoms with E-state index in [0.29, 0.717) is 18.3 Å². The number of hydrogen-bond donors (Lipinski definition) is 1. The van der Waals surface area contributed by atoms with Crippen molar-refractivity contribution in [3.8, 4) is 11.8 Å². The molecule has 3 heteroatoms. The lowest BCUT2D eigenvalue weighted by Crippen LogP contribution is -2.51. The summed E-state index contributed by atoms with van der Waals surface area (Å²) in [4.78, 5) is 14.3. The van der Waals surface area contributed by atoms with Crippen molar-refractivity contribution >= 4 is 11.5 Å². The Bertz CT molecular complexity index is 1070. The Kier molecular flexibility index (Phi) is 5.13. The first kappa shape index (κ1) is 21.5. The van der Waals surface area contributed by atoms with E-state index < -0.39 is 5.60 Å². The van der Waals surface area contributed by atoms with Crippen LogP contribution in [0.3, 0.4) is 0 Å². The van der Waals surface area contributed by atoms with E-state index in [1.54, 1.807) is 5.57 Å². The number of hydrogen-bond acceptors (Lipinski definition) is 3. The second-order valence-electron chi connectivity index (χ2n) is 10.8. The molecule has 1 aromatic carbocycles. The van der Waals surface area contributed by atoms with Gasteiger partial charge in [-0.05, 0) is 92.2 Å². The van der Waals surface area contributed by atoms with Gasteiger partial charge in [-0.2, -0.15) is 0 Å². The number of allylic oxidation sites excluding steroid dienone is 4. The van der Waals surface area contributed by atoms with E-state index in [1.165, 1.54) is 22.4 Å². The van der Waals surface area contributed by atoms with Crippen molar-refractivity contribution in [2.24, 2.45) is 17.3 Å². The van der Waals surface area contributed by atoms with Crippen molar-refractivity contribution in [2.45, 2.75) is 70.3 Å². The van der Waals surface area contributed by atoms with Gasteiger partial charge in [0.1, 0.15) is 5.60 Å². The molecule has 4 aliphatic rings. The molecule has 0 amide bonds. The van der Waals surface area contributed by atoms with Gasteiger partial charge in [-0.1, -0.05) is 30.6 Å². The van der Waals surface area contributed by atoms with Gasteiger partial charge in [0.2, 0.25) is 0 Å².